The number of thiophene rings is 1. The normalized spacial score (nSPS) is 13.5. The van der Waals surface area contributed by atoms with E-state index < -0.39 is 0 Å². The van der Waals surface area contributed by atoms with Crippen LogP contribution in [0, 0.1) is 0 Å². The zero-order valence-corrected chi connectivity index (χ0v) is 20.3. The molecule has 164 valence electrons. The van der Waals surface area contributed by atoms with Gasteiger partial charge >= 0.3 is 5.97 Å². The van der Waals surface area contributed by atoms with Gasteiger partial charge in [-0.25, -0.2) is 4.79 Å². The van der Waals surface area contributed by atoms with Crippen molar-refractivity contribution < 1.29 is 14.3 Å². The fraction of sp³-hybridized carbons (Fsp3) is 0.455. The Morgan fingerprint density at radius 2 is 1.97 bits per heavy atom. The number of esters is 1. The molecule has 0 atom stereocenters. The molecular weight excluding hydrogens is 440 g/mol. The largest absolute Gasteiger partial charge is 0.465 e. The van der Waals surface area contributed by atoms with Crippen molar-refractivity contribution in [3.8, 4) is 0 Å². The predicted molar refractivity (Wildman–Crippen MR) is 127 cm³/mol. The highest BCUT2D eigenvalue weighted by Gasteiger charge is 2.28. The molecule has 1 aliphatic heterocycles. The molecule has 0 unspecified atom stereocenters. The van der Waals surface area contributed by atoms with Crippen LogP contribution in [0.5, 0.6) is 0 Å². The lowest BCUT2D eigenvalue weighted by atomic mass is 10.0. The summed E-state index contributed by atoms with van der Waals surface area (Å²) in [7, 11) is 1.38. The predicted octanol–water partition coefficient (Wildman–Crippen LogP) is 5.02. The zero-order chi connectivity index (χ0) is 21.0. The number of amides is 1. The van der Waals surface area contributed by atoms with Crippen molar-refractivity contribution in [2.75, 3.05) is 25.5 Å². The van der Waals surface area contributed by atoms with Crippen LogP contribution in [-0.4, -0.2) is 42.2 Å². The standard InChI is InChI=1S/C22H28N2O3S2.ClH/c1-5-24-11-10-17-18(13-24)29-21(20(17)22(26)27-4)23-19(25)12-15-6-8-16(9-7-15)28-14(2)3;/h6-9,14H,5,10-13H2,1-4H3,(H,23,25);1H. The second kappa shape index (κ2) is 11.2. The van der Waals surface area contributed by atoms with E-state index in [2.05, 4.69) is 43.1 Å². The summed E-state index contributed by atoms with van der Waals surface area (Å²) in [5, 5.41) is 4.10. The number of hydrogen-bond donors (Lipinski definition) is 1. The monoisotopic (exact) mass is 468 g/mol. The van der Waals surface area contributed by atoms with E-state index in [4.69, 9.17) is 4.74 Å². The number of hydrogen-bond acceptors (Lipinski definition) is 6. The number of benzene rings is 1. The van der Waals surface area contributed by atoms with Crippen LogP contribution in [0.2, 0.25) is 0 Å². The number of methoxy groups -OCH3 is 1. The number of rotatable bonds is 7. The smallest absolute Gasteiger partial charge is 0.341 e. The maximum absolute atomic E-state index is 12.7. The maximum Gasteiger partial charge on any atom is 0.341 e. The van der Waals surface area contributed by atoms with Gasteiger partial charge in [-0.1, -0.05) is 32.9 Å². The SMILES string of the molecule is CCN1CCc2c(sc(NC(=O)Cc3ccc(SC(C)C)cc3)c2C(=O)OC)C1.Cl. The number of thioether (sulfide) groups is 1. The van der Waals surface area contributed by atoms with Crippen molar-refractivity contribution >= 4 is 52.4 Å². The molecule has 0 bridgehead atoms. The quantitative estimate of drug-likeness (QED) is 0.457. The van der Waals surface area contributed by atoms with Crippen LogP contribution < -0.4 is 5.32 Å². The average Bonchev–Trinajstić information content (AvgIpc) is 3.05. The molecule has 0 fully saturated rings. The first kappa shape index (κ1) is 24.7. The molecule has 1 N–H and O–H groups in total. The third-order valence-corrected chi connectivity index (χ3v) is 7.03. The van der Waals surface area contributed by atoms with Gasteiger partial charge in [0.25, 0.3) is 0 Å². The number of fused-ring (bicyclic) bond motifs is 1. The molecule has 1 aromatic heterocycles. The number of halogens is 1. The zero-order valence-electron chi connectivity index (χ0n) is 17.8. The van der Waals surface area contributed by atoms with Gasteiger partial charge in [0, 0.05) is 28.1 Å². The van der Waals surface area contributed by atoms with E-state index >= 15 is 0 Å². The molecule has 30 heavy (non-hydrogen) atoms. The highest BCUT2D eigenvalue weighted by molar-refractivity contribution is 7.99. The number of nitrogens with zero attached hydrogens (tertiary/aromatic N) is 1. The molecule has 1 amide bonds. The van der Waals surface area contributed by atoms with Crippen LogP contribution in [0.15, 0.2) is 29.2 Å². The Kier molecular flexibility index (Phi) is 9.22. The van der Waals surface area contributed by atoms with Gasteiger partial charge in [-0.3, -0.25) is 9.69 Å². The molecule has 0 aliphatic carbocycles. The van der Waals surface area contributed by atoms with E-state index in [1.807, 2.05) is 12.1 Å². The lowest BCUT2D eigenvalue weighted by Crippen LogP contribution is -2.30. The summed E-state index contributed by atoms with van der Waals surface area (Å²) in [5.74, 6) is -0.497. The molecule has 5 nitrogen and oxygen atoms in total. The van der Waals surface area contributed by atoms with Crippen molar-refractivity contribution in [3.05, 3.63) is 45.8 Å². The highest BCUT2D eigenvalue weighted by Crippen LogP contribution is 2.37. The summed E-state index contributed by atoms with van der Waals surface area (Å²) in [6.45, 7) is 9.14. The van der Waals surface area contributed by atoms with E-state index in [0.717, 1.165) is 42.1 Å². The molecule has 8 heteroatoms. The molecule has 2 aromatic rings. The Morgan fingerprint density at radius 3 is 2.57 bits per heavy atom. The van der Waals surface area contributed by atoms with Gasteiger partial charge in [0.2, 0.25) is 5.91 Å². The van der Waals surface area contributed by atoms with Crippen molar-refractivity contribution in [2.45, 2.75) is 50.3 Å². The minimum atomic E-state index is -0.377. The van der Waals surface area contributed by atoms with Crippen molar-refractivity contribution in [1.29, 1.82) is 0 Å². The van der Waals surface area contributed by atoms with E-state index in [9.17, 15) is 9.59 Å². The minimum Gasteiger partial charge on any atom is -0.465 e. The van der Waals surface area contributed by atoms with Crippen LogP contribution in [0.4, 0.5) is 5.00 Å². The molecule has 0 saturated heterocycles. The van der Waals surface area contributed by atoms with Gasteiger partial charge in [0.15, 0.2) is 0 Å². The van der Waals surface area contributed by atoms with Crippen LogP contribution in [0.25, 0.3) is 0 Å². The van der Waals surface area contributed by atoms with Gasteiger partial charge in [-0.15, -0.1) is 35.5 Å². The Bertz CT molecular complexity index is 881. The Hall–Kier alpha value is -1.54. The molecule has 0 spiro atoms. The molecule has 1 aliphatic rings. The van der Waals surface area contributed by atoms with E-state index in [1.165, 1.54) is 23.3 Å². The van der Waals surface area contributed by atoms with Crippen LogP contribution in [-0.2, 0) is 28.9 Å². The Morgan fingerprint density at radius 1 is 1.27 bits per heavy atom. The number of nitrogens with one attached hydrogen (secondary N) is 1. The van der Waals surface area contributed by atoms with E-state index in [1.54, 1.807) is 11.8 Å². The van der Waals surface area contributed by atoms with Crippen LogP contribution in [0.3, 0.4) is 0 Å². The topological polar surface area (TPSA) is 58.6 Å². The lowest BCUT2D eigenvalue weighted by molar-refractivity contribution is -0.115. The number of ether oxygens (including phenoxy) is 1. The minimum absolute atomic E-state index is 0. The second-order valence-corrected chi connectivity index (χ2v) is 10.1. The summed E-state index contributed by atoms with van der Waals surface area (Å²) < 4.78 is 5.00. The fourth-order valence-electron chi connectivity index (χ4n) is 3.45. The van der Waals surface area contributed by atoms with Crippen LogP contribution in [0.1, 0.15) is 47.1 Å². The summed E-state index contributed by atoms with van der Waals surface area (Å²) in [5.41, 5.74) is 2.51. The summed E-state index contributed by atoms with van der Waals surface area (Å²) in [6, 6.07) is 8.08. The summed E-state index contributed by atoms with van der Waals surface area (Å²) in [4.78, 5) is 29.7. The van der Waals surface area contributed by atoms with E-state index in [-0.39, 0.29) is 30.7 Å². The Balaban J connectivity index is 0.00000320. The van der Waals surface area contributed by atoms with E-state index in [0.29, 0.717) is 15.8 Å². The lowest BCUT2D eigenvalue weighted by Gasteiger charge is -2.25. The van der Waals surface area contributed by atoms with Gasteiger partial charge in [0.1, 0.15) is 5.00 Å². The molecule has 2 heterocycles. The number of likely N-dealkylation sites (N-methyl/N-ethyl adjacent to an activating group) is 1. The van der Waals surface area contributed by atoms with Crippen LogP contribution >= 0.6 is 35.5 Å². The van der Waals surface area contributed by atoms with Crippen molar-refractivity contribution in [2.24, 2.45) is 0 Å². The summed E-state index contributed by atoms with van der Waals surface area (Å²) in [6.07, 6.45) is 1.08. The molecule has 1 aromatic carbocycles. The second-order valence-electron chi connectivity index (χ2n) is 7.35. The maximum atomic E-state index is 12.7. The first-order valence-electron chi connectivity index (χ1n) is 9.91. The Labute approximate surface area is 193 Å². The van der Waals surface area contributed by atoms with Gasteiger partial charge < -0.3 is 10.1 Å². The fourth-order valence-corrected chi connectivity index (χ4v) is 5.58. The highest BCUT2D eigenvalue weighted by atomic mass is 35.5. The third kappa shape index (κ3) is 6.00. The third-order valence-electron chi connectivity index (χ3n) is 4.89. The molecule has 3 rings (SSSR count). The van der Waals surface area contributed by atoms with Gasteiger partial charge in [-0.2, -0.15) is 0 Å². The van der Waals surface area contributed by atoms with Crippen molar-refractivity contribution in [1.82, 2.24) is 4.90 Å². The average molecular weight is 469 g/mol. The molecular formula is C22H29ClN2O3S2. The molecule has 0 radical (unpaired) electrons. The molecule has 0 saturated carbocycles. The summed E-state index contributed by atoms with van der Waals surface area (Å²) >= 11 is 3.29. The number of carbonyl (C=O) groups excluding carboxylic acids is 2. The first-order valence-corrected chi connectivity index (χ1v) is 11.6. The number of carbonyl (C=O) groups is 2. The first-order chi connectivity index (χ1) is 13.9. The van der Waals surface area contributed by atoms with Gasteiger partial charge in [-0.05, 0) is 36.2 Å². The van der Waals surface area contributed by atoms with Crippen molar-refractivity contribution in [3.63, 3.8) is 0 Å². The number of anilines is 1. The van der Waals surface area contributed by atoms with Gasteiger partial charge in [0.05, 0.1) is 19.1 Å².